The van der Waals surface area contributed by atoms with Crippen LogP contribution >= 0.6 is 12.4 Å². The lowest BCUT2D eigenvalue weighted by Crippen LogP contribution is -2.47. The molecule has 0 aromatic heterocycles. The molecule has 3 rings (SSSR count). The first kappa shape index (κ1) is 25.1. The second kappa shape index (κ2) is 10.9. The average molecular weight is 462 g/mol. The van der Waals surface area contributed by atoms with Crippen LogP contribution in [-0.2, 0) is 19.9 Å². The molecule has 0 atom stereocenters. The SMILES string of the molecule is Cl.O=C(OC1CCNCC1)C(OCC(F)(F)C(F)F)(c1ccccc1)c1ccccc1. The molecule has 0 unspecified atom stereocenters. The zero-order chi connectivity index (χ0) is 21.6. The summed E-state index contributed by atoms with van der Waals surface area (Å²) in [5, 5.41) is 3.14. The molecule has 0 spiro atoms. The van der Waals surface area contributed by atoms with Crippen LogP contribution in [0.1, 0.15) is 24.0 Å². The Bertz CT molecular complexity index is 779. The molecule has 1 heterocycles. The van der Waals surface area contributed by atoms with Gasteiger partial charge in [-0.05, 0) is 37.1 Å². The van der Waals surface area contributed by atoms with Crippen LogP contribution < -0.4 is 5.32 Å². The van der Waals surface area contributed by atoms with Crippen LogP contribution in [0.4, 0.5) is 17.6 Å². The van der Waals surface area contributed by atoms with Crippen molar-refractivity contribution in [3.8, 4) is 0 Å². The summed E-state index contributed by atoms with van der Waals surface area (Å²) in [6.07, 6.45) is -3.25. The van der Waals surface area contributed by atoms with Crippen molar-refractivity contribution in [3.63, 3.8) is 0 Å². The zero-order valence-electron chi connectivity index (χ0n) is 16.6. The number of carbonyl (C=O) groups excluding carboxylic acids is 1. The summed E-state index contributed by atoms with van der Waals surface area (Å²) >= 11 is 0. The molecule has 2 aromatic carbocycles. The van der Waals surface area contributed by atoms with E-state index in [2.05, 4.69) is 5.32 Å². The Morgan fingerprint density at radius 1 is 0.968 bits per heavy atom. The second-order valence-corrected chi connectivity index (χ2v) is 7.12. The fourth-order valence-corrected chi connectivity index (χ4v) is 3.39. The van der Waals surface area contributed by atoms with Crippen LogP contribution in [-0.4, -0.2) is 44.1 Å². The van der Waals surface area contributed by atoms with E-state index in [4.69, 9.17) is 9.47 Å². The second-order valence-electron chi connectivity index (χ2n) is 7.12. The summed E-state index contributed by atoms with van der Waals surface area (Å²) in [5.41, 5.74) is -1.66. The molecule has 170 valence electrons. The highest BCUT2D eigenvalue weighted by atomic mass is 35.5. The number of nitrogens with one attached hydrogen (secondary N) is 1. The summed E-state index contributed by atoms with van der Waals surface area (Å²) in [6, 6.07) is 15.9. The maximum Gasteiger partial charge on any atom is 0.348 e. The van der Waals surface area contributed by atoms with Crippen LogP contribution in [0, 0.1) is 0 Å². The van der Waals surface area contributed by atoms with Crippen LogP contribution in [0.3, 0.4) is 0 Å². The van der Waals surface area contributed by atoms with Gasteiger partial charge in [-0.25, -0.2) is 13.6 Å². The summed E-state index contributed by atoms with van der Waals surface area (Å²) < 4.78 is 64.3. The number of rotatable bonds is 8. The van der Waals surface area contributed by atoms with Crippen molar-refractivity contribution in [2.45, 2.75) is 36.9 Å². The number of carbonyl (C=O) groups is 1. The maximum absolute atomic E-state index is 13.8. The van der Waals surface area contributed by atoms with Crippen LogP contribution in [0.5, 0.6) is 0 Å². The lowest BCUT2D eigenvalue weighted by atomic mass is 9.85. The third-order valence-electron chi connectivity index (χ3n) is 5.01. The van der Waals surface area contributed by atoms with Gasteiger partial charge in [0.25, 0.3) is 0 Å². The molecule has 0 bridgehead atoms. The van der Waals surface area contributed by atoms with Gasteiger partial charge in [0.2, 0.25) is 5.60 Å². The molecule has 1 saturated heterocycles. The Labute approximate surface area is 184 Å². The van der Waals surface area contributed by atoms with E-state index in [1.165, 1.54) is 24.3 Å². The Balaban J connectivity index is 0.00000341. The van der Waals surface area contributed by atoms with Gasteiger partial charge < -0.3 is 14.8 Å². The third-order valence-corrected chi connectivity index (χ3v) is 5.01. The van der Waals surface area contributed by atoms with Crippen LogP contribution in [0.25, 0.3) is 0 Å². The molecule has 1 aliphatic rings. The molecule has 1 aliphatic heterocycles. The number of hydrogen-bond acceptors (Lipinski definition) is 4. The van der Waals surface area contributed by atoms with Gasteiger partial charge in [0, 0.05) is 0 Å². The lowest BCUT2D eigenvalue weighted by Gasteiger charge is -2.35. The predicted octanol–water partition coefficient (Wildman–Crippen LogP) is 4.56. The van der Waals surface area contributed by atoms with E-state index in [1.807, 2.05) is 0 Å². The first-order chi connectivity index (χ1) is 14.4. The summed E-state index contributed by atoms with van der Waals surface area (Å²) in [4.78, 5) is 13.4. The summed E-state index contributed by atoms with van der Waals surface area (Å²) in [6.45, 7) is -0.354. The van der Waals surface area contributed by atoms with E-state index in [-0.39, 0.29) is 23.5 Å². The monoisotopic (exact) mass is 461 g/mol. The fourth-order valence-electron chi connectivity index (χ4n) is 3.39. The number of alkyl halides is 4. The number of benzene rings is 2. The highest BCUT2D eigenvalue weighted by Crippen LogP contribution is 2.38. The van der Waals surface area contributed by atoms with Crippen molar-refractivity contribution >= 4 is 18.4 Å². The summed E-state index contributed by atoms with van der Waals surface area (Å²) in [5.74, 6) is -5.33. The van der Waals surface area contributed by atoms with Crippen molar-refractivity contribution in [2.24, 2.45) is 0 Å². The molecule has 0 radical (unpaired) electrons. The third kappa shape index (κ3) is 5.75. The van der Waals surface area contributed by atoms with Gasteiger partial charge in [-0.1, -0.05) is 60.7 Å². The molecule has 4 nitrogen and oxygen atoms in total. The van der Waals surface area contributed by atoms with Gasteiger partial charge in [0.15, 0.2) is 0 Å². The molecule has 1 N–H and O–H groups in total. The molecular formula is C22H24ClF4NO3. The highest BCUT2D eigenvalue weighted by Gasteiger charge is 2.50. The molecular weight excluding hydrogens is 438 g/mol. The molecule has 0 aliphatic carbocycles. The van der Waals surface area contributed by atoms with Crippen molar-refractivity contribution in [2.75, 3.05) is 19.7 Å². The largest absolute Gasteiger partial charge is 0.460 e. The van der Waals surface area contributed by atoms with Gasteiger partial charge in [-0.15, -0.1) is 12.4 Å². The standard InChI is InChI=1S/C22H23F4NO3.ClH/c23-19(24)21(25,26)15-29-22(16-7-3-1-4-8-16,17-9-5-2-6-10-17)20(28)30-18-11-13-27-14-12-18;/h1-10,18-19,27H,11-15H2;1H. The molecule has 1 fully saturated rings. The van der Waals surface area contributed by atoms with Crippen molar-refractivity contribution in [1.82, 2.24) is 5.32 Å². The van der Waals surface area contributed by atoms with Crippen molar-refractivity contribution < 1.29 is 31.8 Å². The first-order valence-electron chi connectivity index (χ1n) is 9.69. The highest BCUT2D eigenvalue weighted by molar-refractivity contribution is 5.86. The van der Waals surface area contributed by atoms with E-state index >= 15 is 0 Å². The van der Waals surface area contributed by atoms with E-state index in [0.29, 0.717) is 25.9 Å². The smallest absolute Gasteiger partial charge is 0.348 e. The van der Waals surface area contributed by atoms with Crippen molar-refractivity contribution in [1.29, 1.82) is 0 Å². The van der Waals surface area contributed by atoms with E-state index in [1.54, 1.807) is 36.4 Å². The number of esters is 1. The molecule has 31 heavy (non-hydrogen) atoms. The normalized spacial score (nSPS) is 15.4. The Hall–Kier alpha value is -2.16. The maximum atomic E-state index is 13.8. The van der Waals surface area contributed by atoms with Gasteiger partial charge in [0.1, 0.15) is 12.7 Å². The van der Waals surface area contributed by atoms with Gasteiger partial charge in [-0.2, -0.15) is 8.78 Å². The van der Waals surface area contributed by atoms with Gasteiger partial charge >= 0.3 is 18.3 Å². The minimum Gasteiger partial charge on any atom is -0.460 e. The van der Waals surface area contributed by atoms with Crippen LogP contribution in [0.15, 0.2) is 60.7 Å². The molecule has 2 aromatic rings. The predicted molar refractivity (Wildman–Crippen MR) is 110 cm³/mol. The van der Waals surface area contributed by atoms with Gasteiger partial charge in [0.05, 0.1) is 0 Å². The van der Waals surface area contributed by atoms with E-state index in [9.17, 15) is 22.4 Å². The quantitative estimate of drug-likeness (QED) is 0.462. The topological polar surface area (TPSA) is 47.6 Å². The Kier molecular flexibility index (Phi) is 8.85. The Morgan fingerprint density at radius 3 is 1.90 bits per heavy atom. The number of ether oxygens (including phenoxy) is 2. The van der Waals surface area contributed by atoms with Crippen molar-refractivity contribution in [3.05, 3.63) is 71.8 Å². The van der Waals surface area contributed by atoms with E-state index in [0.717, 1.165) is 0 Å². The number of halogens is 5. The number of hydrogen-bond donors (Lipinski definition) is 1. The van der Waals surface area contributed by atoms with Crippen LogP contribution in [0.2, 0.25) is 0 Å². The van der Waals surface area contributed by atoms with E-state index < -0.39 is 36.6 Å². The molecule has 9 heteroatoms. The Morgan fingerprint density at radius 2 is 1.45 bits per heavy atom. The number of piperidine rings is 1. The summed E-state index contributed by atoms with van der Waals surface area (Å²) in [7, 11) is 0. The molecule has 0 saturated carbocycles. The zero-order valence-corrected chi connectivity index (χ0v) is 17.4. The average Bonchev–Trinajstić information content (AvgIpc) is 2.76. The van der Waals surface area contributed by atoms with Gasteiger partial charge in [-0.3, -0.25) is 0 Å². The lowest BCUT2D eigenvalue weighted by molar-refractivity contribution is -0.206. The minimum absolute atomic E-state index is 0. The minimum atomic E-state index is -4.43. The first-order valence-corrected chi connectivity index (χ1v) is 9.69. The molecule has 0 amide bonds. The fraction of sp³-hybridized carbons (Fsp3) is 0.409.